The largest absolute Gasteiger partial charge is 0.308 e. The molecule has 3 aliphatic rings. The summed E-state index contributed by atoms with van der Waals surface area (Å²) in [5, 5.41) is 0.637. The molecule has 4 nitrogen and oxygen atoms in total. The zero-order valence-electron chi connectivity index (χ0n) is 11.8. The van der Waals surface area contributed by atoms with Gasteiger partial charge in [0.2, 0.25) is 0 Å². The summed E-state index contributed by atoms with van der Waals surface area (Å²) in [4.78, 5) is 11.8. The molecule has 6 heteroatoms. The Morgan fingerprint density at radius 3 is 2.76 bits per heavy atom. The number of piperidine rings is 3. The SMILES string of the molecule is ClCCc1nc2cc(Cl)cnc2n1C1CN2CCC1CC2. The maximum atomic E-state index is 6.06. The van der Waals surface area contributed by atoms with Crippen LogP contribution in [0.1, 0.15) is 24.7 Å². The lowest BCUT2D eigenvalue weighted by Gasteiger charge is -2.45. The van der Waals surface area contributed by atoms with Crippen LogP contribution in [-0.4, -0.2) is 44.9 Å². The molecule has 5 rings (SSSR count). The summed E-state index contributed by atoms with van der Waals surface area (Å²) < 4.78 is 2.34. The summed E-state index contributed by atoms with van der Waals surface area (Å²) in [6.07, 6.45) is 5.04. The molecule has 2 aromatic heterocycles. The third kappa shape index (κ3) is 2.33. The molecule has 112 valence electrons. The Bertz CT molecular complexity index is 661. The van der Waals surface area contributed by atoms with Crippen LogP contribution in [0, 0.1) is 5.92 Å². The van der Waals surface area contributed by atoms with Crippen molar-refractivity contribution >= 4 is 34.4 Å². The average molecular weight is 325 g/mol. The van der Waals surface area contributed by atoms with Gasteiger partial charge in [0.25, 0.3) is 0 Å². The van der Waals surface area contributed by atoms with Crippen LogP contribution in [0.4, 0.5) is 0 Å². The van der Waals surface area contributed by atoms with Crippen molar-refractivity contribution in [1.29, 1.82) is 0 Å². The number of fused-ring (bicyclic) bond motifs is 4. The number of aryl methyl sites for hydroxylation is 1. The van der Waals surface area contributed by atoms with E-state index >= 15 is 0 Å². The van der Waals surface area contributed by atoms with Crippen molar-refractivity contribution in [3.63, 3.8) is 0 Å². The van der Waals surface area contributed by atoms with Gasteiger partial charge in [-0.25, -0.2) is 9.97 Å². The molecule has 3 saturated heterocycles. The third-order valence-electron chi connectivity index (χ3n) is 4.84. The number of nitrogens with zero attached hydrogens (tertiary/aromatic N) is 4. The van der Waals surface area contributed by atoms with Gasteiger partial charge in [0.05, 0.1) is 11.1 Å². The van der Waals surface area contributed by atoms with Crippen molar-refractivity contribution in [2.45, 2.75) is 25.3 Å². The lowest BCUT2D eigenvalue weighted by molar-refractivity contribution is 0.0574. The number of rotatable bonds is 3. The van der Waals surface area contributed by atoms with Gasteiger partial charge in [-0.1, -0.05) is 11.6 Å². The highest BCUT2D eigenvalue weighted by Gasteiger charge is 2.37. The van der Waals surface area contributed by atoms with E-state index in [0.717, 1.165) is 35.9 Å². The molecule has 2 bridgehead atoms. The fourth-order valence-electron chi connectivity index (χ4n) is 3.84. The van der Waals surface area contributed by atoms with Crippen LogP contribution in [0.5, 0.6) is 0 Å². The van der Waals surface area contributed by atoms with Crippen LogP contribution in [0.2, 0.25) is 5.02 Å². The molecular formula is C15H18Cl2N4. The van der Waals surface area contributed by atoms with Gasteiger partial charge < -0.3 is 9.47 Å². The highest BCUT2D eigenvalue weighted by atomic mass is 35.5. The Kier molecular flexibility index (Phi) is 3.56. The van der Waals surface area contributed by atoms with Crippen LogP contribution in [0.25, 0.3) is 11.2 Å². The molecule has 21 heavy (non-hydrogen) atoms. The lowest BCUT2D eigenvalue weighted by atomic mass is 9.84. The first-order valence-corrected chi connectivity index (χ1v) is 8.48. The van der Waals surface area contributed by atoms with E-state index in [-0.39, 0.29) is 0 Å². The summed E-state index contributed by atoms with van der Waals surface area (Å²) in [5.74, 6) is 2.37. The number of hydrogen-bond donors (Lipinski definition) is 0. The molecule has 1 atom stereocenters. The van der Waals surface area contributed by atoms with Gasteiger partial charge in [-0.2, -0.15) is 0 Å². The number of alkyl halides is 1. The first-order chi connectivity index (χ1) is 10.3. The fraction of sp³-hybridized carbons (Fsp3) is 0.600. The van der Waals surface area contributed by atoms with Crippen molar-refractivity contribution in [2.24, 2.45) is 5.92 Å². The third-order valence-corrected chi connectivity index (χ3v) is 5.24. The zero-order chi connectivity index (χ0) is 14.4. The summed E-state index contributed by atoms with van der Waals surface area (Å²) in [7, 11) is 0. The Morgan fingerprint density at radius 1 is 1.29 bits per heavy atom. The van der Waals surface area contributed by atoms with Crippen LogP contribution in [0.15, 0.2) is 12.3 Å². The highest BCUT2D eigenvalue weighted by molar-refractivity contribution is 6.31. The molecule has 5 heterocycles. The minimum atomic E-state index is 0.476. The second kappa shape index (κ2) is 5.41. The van der Waals surface area contributed by atoms with Crippen molar-refractivity contribution in [3.05, 3.63) is 23.1 Å². The molecule has 0 radical (unpaired) electrons. The second-order valence-corrected chi connectivity index (χ2v) is 6.85. The molecule has 0 N–H and O–H groups in total. The van der Waals surface area contributed by atoms with Gasteiger partial charge >= 0.3 is 0 Å². The van der Waals surface area contributed by atoms with Gasteiger partial charge in [-0.05, 0) is 37.9 Å². The molecule has 1 unspecified atom stereocenters. The first kappa shape index (κ1) is 13.8. The minimum Gasteiger partial charge on any atom is -0.308 e. The Hall–Kier alpha value is -0.840. The lowest BCUT2D eigenvalue weighted by Crippen LogP contribution is -2.48. The van der Waals surface area contributed by atoms with E-state index in [1.165, 1.54) is 25.9 Å². The molecule has 0 saturated carbocycles. The number of halogens is 2. The van der Waals surface area contributed by atoms with E-state index in [1.807, 2.05) is 6.07 Å². The molecular weight excluding hydrogens is 307 g/mol. The summed E-state index contributed by atoms with van der Waals surface area (Å²) in [6.45, 7) is 3.57. The van der Waals surface area contributed by atoms with Crippen LogP contribution in [-0.2, 0) is 6.42 Å². The van der Waals surface area contributed by atoms with Gasteiger partial charge in [0.1, 0.15) is 11.3 Å². The van der Waals surface area contributed by atoms with Gasteiger partial charge in [0.15, 0.2) is 5.65 Å². The van der Waals surface area contributed by atoms with Crippen LogP contribution >= 0.6 is 23.2 Å². The van der Waals surface area contributed by atoms with Crippen molar-refractivity contribution in [3.8, 4) is 0 Å². The van der Waals surface area contributed by atoms with Crippen molar-refractivity contribution in [1.82, 2.24) is 19.4 Å². The topological polar surface area (TPSA) is 34.0 Å². The van der Waals surface area contributed by atoms with Crippen molar-refractivity contribution in [2.75, 3.05) is 25.5 Å². The minimum absolute atomic E-state index is 0.476. The van der Waals surface area contributed by atoms with Gasteiger partial charge in [0, 0.05) is 25.0 Å². The number of pyridine rings is 1. The average Bonchev–Trinajstić information content (AvgIpc) is 2.85. The Morgan fingerprint density at radius 2 is 2.10 bits per heavy atom. The number of aromatic nitrogens is 3. The Labute approximate surface area is 134 Å². The first-order valence-electron chi connectivity index (χ1n) is 7.57. The normalized spacial score (nSPS) is 28.4. The Balaban J connectivity index is 1.83. The van der Waals surface area contributed by atoms with Crippen LogP contribution < -0.4 is 0 Å². The van der Waals surface area contributed by atoms with E-state index in [1.54, 1.807) is 6.20 Å². The highest BCUT2D eigenvalue weighted by Crippen LogP contribution is 2.38. The van der Waals surface area contributed by atoms with E-state index < -0.39 is 0 Å². The quantitative estimate of drug-likeness (QED) is 0.813. The number of imidazole rings is 1. The predicted molar refractivity (Wildman–Crippen MR) is 85.2 cm³/mol. The van der Waals surface area contributed by atoms with E-state index in [9.17, 15) is 0 Å². The van der Waals surface area contributed by atoms with Gasteiger partial charge in [-0.15, -0.1) is 11.6 Å². The maximum Gasteiger partial charge on any atom is 0.160 e. The molecule has 3 fully saturated rings. The molecule has 0 spiro atoms. The number of hydrogen-bond acceptors (Lipinski definition) is 3. The second-order valence-electron chi connectivity index (χ2n) is 6.04. The monoisotopic (exact) mass is 324 g/mol. The van der Waals surface area contributed by atoms with Gasteiger partial charge in [-0.3, -0.25) is 0 Å². The van der Waals surface area contributed by atoms with E-state index in [0.29, 0.717) is 16.9 Å². The van der Waals surface area contributed by atoms with E-state index in [2.05, 4.69) is 14.5 Å². The maximum absolute atomic E-state index is 6.06. The molecule has 3 aliphatic heterocycles. The molecule has 0 aliphatic carbocycles. The fourth-order valence-corrected chi connectivity index (χ4v) is 4.16. The zero-order valence-corrected chi connectivity index (χ0v) is 13.3. The molecule has 0 aromatic carbocycles. The predicted octanol–water partition coefficient (Wildman–Crippen LogP) is 3.13. The molecule has 2 aromatic rings. The summed E-state index contributed by atoms with van der Waals surface area (Å²) >= 11 is 12.0. The summed E-state index contributed by atoms with van der Waals surface area (Å²) in [6, 6.07) is 2.38. The van der Waals surface area contributed by atoms with Crippen molar-refractivity contribution < 1.29 is 0 Å². The molecule has 0 amide bonds. The van der Waals surface area contributed by atoms with Crippen LogP contribution in [0.3, 0.4) is 0 Å². The van der Waals surface area contributed by atoms with E-state index in [4.69, 9.17) is 28.2 Å². The summed E-state index contributed by atoms with van der Waals surface area (Å²) in [5.41, 5.74) is 1.84. The smallest absolute Gasteiger partial charge is 0.160 e. The standard InChI is InChI=1S/C15H18Cl2N4/c16-4-1-14-19-12-7-11(17)8-18-15(12)21(14)13-9-20-5-2-10(13)3-6-20/h7-8,10,13H,1-6,9H2.